The molecular weight excluding hydrogens is 525 g/mol. The van der Waals surface area contributed by atoms with Crippen molar-refractivity contribution in [2.45, 2.75) is 14.4 Å². The highest BCUT2D eigenvalue weighted by molar-refractivity contribution is 8.01. The van der Waals surface area contributed by atoms with E-state index in [4.69, 9.17) is 44.3 Å². The number of fused-ring (bicyclic) bond motifs is 1. The minimum absolute atomic E-state index is 0.0277. The summed E-state index contributed by atoms with van der Waals surface area (Å²) in [6.45, 7) is 0. The van der Waals surface area contributed by atoms with E-state index in [-0.39, 0.29) is 28.1 Å². The highest BCUT2D eigenvalue weighted by Gasteiger charge is 2.22. The summed E-state index contributed by atoms with van der Waals surface area (Å²) in [5, 5.41) is 14.5. The van der Waals surface area contributed by atoms with Crippen LogP contribution < -0.4 is 5.32 Å². The number of benzene rings is 3. The van der Waals surface area contributed by atoms with Crippen LogP contribution in [-0.2, 0) is 9.47 Å². The van der Waals surface area contributed by atoms with E-state index in [9.17, 15) is 19.5 Å². The molecule has 11 heteroatoms. The van der Waals surface area contributed by atoms with Gasteiger partial charge in [-0.2, -0.15) is 0 Å². The fourth-order valence-corrected chi connectivity index (χ4v) is 4.57. The second-order valence-corrected chi connectivity index (χ2v) is 9.93. The topological polar surface area (TPSA) is 102 Å². The van der Waals surface area contributed by atoms with E-state index in [1.54, 1.807) is 24.3 Å². The summed E-state index contributed by atoms with van der Waals surface area (Å²) in [5.41, 5.74) is 0.112. The van der Waals surface area contributed by atoms with Gasteiger partial charge < -0.3 is 19.9 Å². The Labute approximate surface area is 214 Å². The molecule has 1 amide bonds. The van der Waals surface area contributed by atoms with Crippen LogP contribution >= 0.6 is 46.6 Å². The van der Waals surface area contributed by atoms with Gasteiger partial charge in [0.1, 0.15) is 15.3 Å². The Morgan fingerprint density at radius 2 is 1.47 bits per heavy atom. The number of halogens is 3. The number of amides is 1. The SMILES string of the molecule is COC(=O)c1cc(NC(=O)c2cc(S[C@H](Cl)C(Cl)Cl)c3ccccc3c2O)cc(C(=O)OC)c1. The molecule has 3 aromatic carbocycles. The molecule has 3 aromatic rings. The summed E-state index contributed by atoms with van der Waals surface area (Å²) in [4.78, 5) is 36.9. The van der Waals surface area contributed by atoms with Gasteiger partial charge in [-0.3, -0.25) is 4.79 Å². The van der Waals surface area contributed by atoms with Crippen LogP contribution in [0.15, 0.2) is 53.4 Å². The molecule has 0 aliphatic heterocycles. The number of methoxy groups -OCH3 is 2. The first-order valence-corrected chi connectivity index (χ1v) is 11.8. The molecule has 0 aromatic heterocycles. The Morgan fingerprint density at radius 1 is 0.912 bits per heavy atom. The molecule has 1 atom stereocenters. The number of esters is 2. The molecule has 0 fully saturated rings. The molecule has 0 saturated carbocycles. The molecule has 0 heterocycles. The number of thioether (sulfide) groups is 1. The van der Waals surface area contributed by atoms with Gasteiger partial charge in [0.05, 0.1) is 30.9 Å². The molecule has 0 spiro atoms. The minimum Gasteiger partial charge on any atom is -0.506 e. The molecule has 178 valence electrons. The fraction of sp³-hybridized carbons (Fsp3) is 0.174. The number of ether oxygens (including phenoxy) is 2. The normalized spacial score (nSPS) is 11.8. The lowest BCUT2D eigenvalue weighted by atomic mass is 10.0. The van der Waals surface area contributed by atoms with E-state index in [0.29, 0.717) is 15.7 Å². The molecule has 34 heavy (non-hydrogen) atoms. The van der Waals surface area contributed by atoms with Crippen molar-refractivity contribution in [1.29, 1.82) is 0 Å². The van der Waals surface area contributed by atoms with Crippen molar-refractivity contribution in [3.63, 3.8) is 0 Å². The van der Waals surface area contributed by atoms with Crippen molar-refractivity contribution in [3.05, 3.63) is 65.2 Å². The minimum atomic E-state index is -0.880. The van der Waals surface area contributed by atoms with Crippen molar-refractivity contribution in [3.8, 4) is 5.75 Å². The Balaban J connectivity index is 2.06. The maximum Gasteiger partial charge on any atom is 0.337 e. The molecule has 0 aliphatic rings. The van der Waals surface area contributed by atoms with Crippen LogP contribution in [0.5, 0.6) is 5.75 Å². The Morgan fingerprint density at radius 3 is 2.00 bits per heavy atom. The van der Waals surface area contributed by atoms with Crippen LogP contribution in [0.2, 0.25) is 0 Å². The maximum atomic E-state index is 13.2. The van der Waals surface area contributed by atoms with Gasteiger partial charge in [0.15, 0.2) is 0 Å². The average Bonchev–Trinajstić information content (AvgIpc) is 2.84. The number of nitrogens with one attached hydrogen (secondary N) is 1. The predicted octanol–water partition coefficient (Wildman–Crippen LogP) is 5.83. The zero-order chi connectivity index (χ0) is 25.0. The van der Waals surface area contributed by atoms with Gasteiger partial charge in [0.25, 0.3) is 5.91 Å². The number of phenols is 1. The van der Waals surface area contributed by atoms with Crippen LogP contribution in [0.25, 0.3) is 10.8 Å². The molecule has 0 radical (unpaired) electrons. The van der Waals surface area contributed by atoms with Gasteiger partial charge in [-0.05, 0) is 29.7 Å². The molecular formula is C23H18Cl3NO6S. The van der Waals surface area contributed by atoms with Crippen LogP contribution in [0.4, 0.5) is 5.69 Å². The molecule has 3 rings (SSSR count). The summed E-state index contributed by atoms with van der Waals surface area (Å²) < 4.78 is 8.70. The Kier molecular flexibility index (Phi) is 8.54. The van der Waals surface area contributed by atoms with Gasteiger partial charge in [-0.1, -0.05) is 24.3 Å². The van der Waals surface area contributed by atoms with E-state index in [0.717, 1.165) is 11.8 Å². The summed E-state index contributed by atoms with van der Waals surface area (Å²) in [6, 6.07) is 12.3. The van der Waals surface area contributed by atoms with Crippen LogP contribution in [-0.4, -0.2) is 46.7 Å². The van der Waals surface area contributed by atoms with Crippen LogP contribution in [0.3, 0.4) is 0 Å². The molecule has 0 aliphatic carbocycles. The number of carbonyl (C=O) groups excluding carboxylic acids is 3. The van der Waals surface area contributed by atoms with Crippen molar-refractivity contribution in [1.82, 2.24) is 0 Å². The lowest BCUT2D eigenvalue weighted by Gasteiger charge is -2.16. The third-order valence-corrected chi connectivity index (χ3v) is 7.36. The van der Waals surface area contributed by atoms with E-state index in [1.807, 2.05) is 0 Å². The predicted molar refractivity (Wildman–Crippen MR) is 134 cm³/mol. The number of rotatable bonds is 7. The first kappa shape index (κ1) is 26.0. The standard InChI is InChI=1S/C23H18Cl3NO6S/c1-32-22(30)11-7-12(23(31)33-2)9-13(8-11)27-21(29)16-10-17(34-20(26)19(24)25)14-5-3-4-6-15(14)18(16)28/h3-10,19-20,28H,1-2H3,(H,27,29)/t20-/m0/s1. The number of hydrogen-bond acceptors (Lipinski definition) is 7. The van der Waals surface area contributed by atoms with E-state index in [2.05, 4.69) is 5.32 Å². The lowest BCUT2D eigenvalue weighted by Crippen LogP contribution is -2.15. The third kappa shape index (κ3) is 5.70. The molecule has 7 nitrogen and oxygen atoms in total. The summed E-state index contributed by atoms with van der Waals surface area (Å²) in [7, 11) is 2.38. The van der Waals surface area contributed by atoms with Crippen molar-refractivity contribution >= 4 is 80.9 Å². The first-order chi connectivity index (χ1) is 16.2. The number of aromatic hydroxyl groups is 1. The van der Waals surface area contributed by atoms with Gasteiger partial charge in [0, 0.05) is 16.0 Å². The number of hydrogen-bond donors (Lipinski definition) is 2. The number of phenolic OH excluding ortho intramolecular Hbond substituents is 1. The summed E-state index contributed by atoms with van der Waals surface area (Å²) in [6.07, 6.45) is 0. The van der Waals surface area contributed by atoms with E-state index < -0.39 is 27.4 Å². The molecule has 2 N–H and O–H groups in total. The molecule has 0 bridgehead atoms. The van der Waals surface area contributed by atoms with Gasteiger partial charge in [-0.15, -0.1) is 46.6 Å². The highest BCUT2D eigenvalue weighted by atomic mass is 35.5. The monoisotopic (exact) mass is 541 g/mol. The van der Waals surface area contributed by atoms with E-state index >= 15 is 0 Å². The zero-order valence-corrected chi connectivity index (χ0v) is 20.9. The summed E-state index contributed by atoms with van der Waals surface area (Å²) in [5.74, 6) is -2.37. The van der Waals surface area contributed by atoms with Crippen LogP contribution in [0.1, 0.15) is 31.1 Å². The second-order valence-electron chi connectivity index (χ2n) is 6.86. The smallest absolute Gasteiger partial charge is 0.337 e. The number of alkyl halides is 3. The quantitative estimate of drug-likeness (QED) is 0.220. The number of anilines is 1. The van der Waals surface area contributed by atoms with Gasteiger partial charge in [-0.25, -0.2) is 9.59 Å². The first-order valence-electron chi connectivity index (χ1n) is 9.63. The van der Waals surface area contributed by atoms with Crippen molar-refractivity contribution < 1.29 is 29.0 Å². The van der Waals surface area contributed by atoms with Crippen molar-refractivity contribution in [2.24, 2.45) is 0 Å². The van der Waals surface area contributed by atoms with Crippen molar-refractivity contribution in [2.75, 3.05) is 19.5 Å². The molecule has 0 saturated heterocycles. The van der Waals surface area contributed by atoms with E-state index in [1.165, 1.54) is 38.5 Å². The zero-order valence-electron chi connectivity index (χ0n) is 17.8. The largest absolute Gasteiger partial charge is 0.506 e. The average molecular weight is 543 g/mol. The third-order valence-electron chi connectivity index (χ3n) is 4.69. The van der Waals surface area contributed by atoms with Crippen LogP contribution in [0, 0.1) is 0 Å². The fourth-order valence-electron chi connectivity index (χ4n) is 3.14. The lowest BCUT2D eigenvalue weighted by molar-refractivity contribution is 0.0598. The Bertz CT molecular complexity index is 1230. The highest BCUT2D eigenvalue weighted by Crippen LogP contribution is 2.41. The Hall–Kier alpha value is -2.65. The summed E-state index contributed by atoms with van der Waals surface area (Å²) >= 11 is 19.1. The maximum absolute atomic E-state index is 13.2. The second kappa shape index (κ2) is 11.2. The molecule has 0 unspecified atom stereocenters. The van der Waals surface area contributed by atoms with Gasteiger partial charge in [0.2, 0.25) is 0 Å². The number of carbonyl (C=O) groups is 3. The van der Waals surface area contributed by atoms with Gasteiger partial charge >= 0.3 is 11.9 Å².